The van der Waals surface area contributed by atoms with Crippen molar-refractivity contribution in [3.8, 4) is 11.4 Å². The number of hydrogen-bond acceptors (Lipinski definition) is 5. The Hall–Kier alpha value is -3.16. The number of amides is 1. The Balaban J connectivity index is 1.50. The van der Waals surface area contributed by atoms with Gasteiger partial charge in [0.2, 0.25) is 5.91 Å². The van der Waals surface area contributed by atoms with Crippen LogP contribution in [0.5, 0.6) is 5.75 Å². The molecule has 7 nitrogen and oxygen atoms in total. The number of benzene rings is 2. The molecular formula is C26H32N4O3. The maximum absolute atomic E-state index is 13.1. The van der Waals surface area contributed by atoms with E-state index < -0.39 is 0 Å². The first-order chi connectivity index (χ1) is 15.9. The van der Waals surface area contributed by atoms with Gasteiger partial charge < -0.3 is 15.5 Å². The molecule has 1 aliphatic carbocycles. The van der Waals surface area contributed by atoms with Gasteiger partial charge in [0.05, 0.1) is 35.4 Å². The van der Waals surface area contributed by atoms with Crippen LogP contribution in [0.4, 0.5) is 5.69 Å². The van der Waals surface area contributed by atoms with Crippen LogP contribution in [-0.2, 0) is 11.3 Å². The van der Waals surface area contributed by atoms with Gasteiger partial charge in [-0.1, -0.05) is 30.3 Å². The molecule has 1 fully saturated rings. The number of aryl methyl sites for hydroxylation is 1. The second-order valence-corrected chi connectivity index (χ2v) is 8.88. The minimum Gasteiger partial charge on any atom is -0.508 e. The highest BCUT2D eigenvalue weighted by atomic mass is 16.3. The molecule has 0 radical (unpaired) electrons. The number of hydrogen-bond donors (Lipinski definition) is 3. The normalized spacial score (nSPS) is 18.4. The first-order valence-electron chi connectivity index (χ1n) is 11.5. The Bertz CT molecular complexity index is 1090. The largest absolute Gasteiger partial charge is 0.508 e. The fourth-order valence-electron chi connectivity index (χ4n) is 4.63. The number of rotatable bonds is 7. The SMILES string of the molecule is Cc1nn(-c2ccccc2)c(C)c1NC(=O)CN(Cc1cccc(O)c1)C1CCC(O)CC1. The molecule has 0 atom stereocenters. The predicted molar refractivity (Wildman–Crippen MR) is 128 cm³/mol. The third-order valence-electron chi connectivity index (χ3n) is 6.38. The summed E-state index contributed by atoms with van der Waals surface area (Å²) in [5.41, 5.74) is 4.29. The Morgan fingerprint density at radius 3 is 2.52 bits per heavy atom. The molecule has 174 valence electrons. The van der Waals surface area contributed by atoms with E-state index in [4.69, 9.17) is 0 Å². The van der Waals surface area contributed by atoms with Crippen LogP contribution in [0.3, 0.4) is 0 Å². The summed E-state index contributed by atoms with van der Waals surface area (Å²) in [6, 6.07) is 17.2. The summed E-state index contributed by atoms with van der Waals surface area (Å²) in [5.74, 6) is 0.121. The van der Waals surface area contributed by atoms with Crippen LogP contribution < -0.4 is 5.32 Å². The highest BCUT2D eigenvalue weighted by molar-refractivity contribution is 5.93. The smallest absolute Gasteiger partial charge is 0.238 e. The van der Waals surface area contributed by atoms with Crippen molar-refractivity contribution in [1.29, 1.82) is 0 Å². The molecular weight excluding hydrogens is 416 g/mol. The molecule has 1 heterocycles. The lowest BCUT2D eigenvalue weighted by Crippen LogP contribution is -2.43. The third kappa shape index (κ3) is 5.61. The van der Waals surface area contributed by atoms with Crippen LogP contribution >= 0.6 is 0 Å². The van der Waals surface area contributed by atoms with Gasteiger partial charge in [-0.15, -0.1) is 0 Å². The number of nitrogens with one attached hydrogen (secondary N) is 1. The fraction of sp³-hybridized carbons (Fsp3) is 0.385. The number of aliphatic hydroxyl groups is 1. The van der Waals surface area contributed by atoms with E-state index >= 15 is 0 Å². The monoisotopic (exact) mass is 448 g/mol. The summed E-state index contributed by atoms with van der Waals surface area (Å²) in [6.07, 6.45) is 2.91. The molecule has 33 heavy (non-hydrogen) atoms. The van der Waals surface area contributed by atoms with Gasteiger partial charge >= 0.3 is 0 Å². The van der Waals surface area contributed by atoms with Crippen molar-refractivity contribution in [2.24, 2.45) is 0 Å². The molecule has 4 rings (SSSR count). The molecule has 1 saturated carbocycles. The molecule has 7 heteroatoms. The molecule has 1 aliphatic rings. The number of phenols is 1. The van der Waals surface area contributed by atoms with Crippen molar-refractivity contribution in [1.82, 2.24) is 14.7 Å². The number of nitrogens with zero attached hydrogens (tertiary/aromatic N) is 3. The molecule has 0 spiro atoms. The number of aromatic nitrogens is 2. The third-order valence-corrected chi connectivity index (χ3v) is 6.38. The number of carbonyl (C=O) groups is 1. The molecule has 1 amide bonds. The molecule has 0 saturated heterocycles. The number of aromatic hydroxyl groups is 1. The highest BCUT2D eigenvalue weighted by Gasteiger charge is 2.27. The van der Waals surface area contributed by atoms with E-state index in [1.807, 2.05) is 61.0 Å². The minimum atomic E-state index is -0.258. The van der Waals surface area contributed by atoms with Crippen LogP contribution in [0, 0.1) is 13.8 Å². The average Bonchev–Trinajstić information content (AvgIpc) is 3.08. The fourth-order valence-corrected chi connectivity index (χ4v) is 4.63. The Labute approximate surface area is 194 Å². The van der Waals surface area contributed by atoms with Crippen molar-refractivity contribution >= 4 is 11.6 Å². The second kappa shape index (κ2) is 10.2. The van der Waals surface area contributed by atoms with Gasteiger partial charge in [-0.25, -0.2) is 4.68 Å². The first-order valence-corrected chi connectivity index (χ1v) is 11.5. The van der Waals surface area contributed by atoms with E-state index in [-0.39, 0.29) is 30.3 Å². The lowest BCUT2D eigenvalue weighted by atomic mass is 9.91. The number of anilines is 1. The van der Waals surface area contributed by atoms with Crippen LogP contribution in [0.2, 0.25) is 0 Å². The van der Waals surface area contributed by atoms with Gasteiger partial charge in [0.25, 0.3) is 0 Å². The Morgan fingerprint density at radius 1 is 1.09 bits per heavy atom. The van der Waals surface area contributed by atoms with Gasteiger partial charge in [-0.2, -0.15) is 5.10 Å². The van der Waals surface area contributed by atoms with Gasteiger partial charge in [0.1, 0.15) is 5.75 Å². The Morgan fingerprint density at radius 2 is 1.82 bits per heavy atom. The quantitative estimate of drug-likeness (QED) is 0.509. The minimum absolute atomic E-state index is 0.0971. The van der Waals surface area contributed by atoms with Crippen molar-refractivity contribution in [3.63, 3.8) is 0 Å². The molecule has 2 aromatic carbocycles. The van der Waals surface area contributed by atoms with Gasteiger partial charge in [0.15, 0.2) is 0 Å². The maximum Gasteiger partial charge on any atom is 0.238 e. The lowest BCUT2D eigenvalue weighted by molar-refractivity contribution is -0.118. The van der Waals surface area contributed by atoms with Crippen molar-refractivity contribution in [2.75, 3.05) is 11.9 Å². The summed E-state index contributed by atoms with van der Waals surface area (Å²) in [7, 11) is 0. The van der Waals surface area contributed by atoms with Crippen LogP contribution in [0.25, 0.3) is 5.69 Å². The summed E-state index contributed by atoms with van der Waals surface area (Å²) in [6.45, 7) is 4.64. The lowest BCUT2D eigenvalue weighted by Gasteiger charge is -2.35. The van der Waals surface area contributed by atoms with E-state index in [0.29, 0.717) is 6.54 Å². The average molecular weight is 449 g/mol. The van der Waals surface area contributed by atoms with E-state index in [1.54, 1.807) is 12.1 Å². The van der Waals surface area contributed by atoms with Gasteiger partial charge in [-0.05, 0) is 69.4 Å². The van der Waals surface area contributed by atoms with E-state index in [2.05, 4.69) is 15.3 Å². The van der Waals surface area contributed by atoms with Gasteiger partial charge in [0, 0.05) is 12.6 Å². The number of phenolic OH excluding ortho intramolecular Hbond substituents is 1. The zero-order valence-electron chi connectivity index (χ0n) is 19.2. The van der Waals surface area contributed by atoms with Crippen LogP contribution in [0.15, 0.2) is 54.6 Å². The molecule has 3 N–H and O–H groups in total. The summed E-state index contributed by atoms with van der Waals surface area (Å²) in [5, 5.41) is 27.5. The van der Waals surface area contributed by atoms with Crippen molar-refractivity contribution in [2.45, 2.75) is 58.2 Å². The van der Waals surface area contributed by atoms with Crippen molar-refractivity contribution < 1.29 is 15.0 Å². The van der Waals surface area contributed by atoms with E-state index in [0.717, 1.165) is 54.0 Å². The first kappa shape index (κ1) is 23.0. The molecule has 1 aromatic heterocycles. The van der Waals surface area contributed by atoms with E-state index in [9.17, 15) is 15.0 Å². The highest BCUT2D eigenvalue weighted by Crippen LogP contribution is 2.26. The van der Waals surface area contributed by atoms with Crippen molar-refractivity contribution in [3.05, 3.63) is 71.5 Å². The van der Waals surface area contributed by atoms with Gasteiger partial charge in [-0.3, -0.25) is 9.69 Å². The molecule has 0 unspecified atom stereocenters. The molecule has 0 aliphatic heterocycles. The summed E-state index contributed by atoms with van der Waals surface area (Å²) in [4.78, 5) is 15.3. The number of carbonyl (C=O) groups excluding carboxylic acids is 1. The second-order valence-electron chi connectivity index (χ2n) is 8.88. The standard InChI is InChI=1S/C26H32N4O3/c1-18-26(19(2)30(28-18)22-8-4-3-5-9-22)27-25(33)17-29(21-11-13-23(31)14-12-21)16-20-7-6-10-24(32)15-20/h3-10,15,21,23,31-32H,11-14,16-17H2,1-2H3,(H,27,33). The summed E-state index contributed by atoms with van der Waals surface area (Å²) >= 11 is 0. The summed E-state index contributed by atoms with van der Waals surface area (Å²) < 4.78 is 1.85. The molecule has 3 aromatic rings. The van der Waals surface area contributed by atoms with E-state index in [1.165, 1.54) is 0 Å². The Kier molecular flexibility index (Phi) is 7.11. The van der Waals surface area contributed by atoms with Crippen LogP contribution in [0.1, 0.15) is 42.6 Å². The maximum atomic E-state index is 13.1. The van der Waals surface area contributed by atoms with Crippen LogP contribution in [-0.4, -0.2) is 49.5 Å². The topological polar surface area (TPSA) is 90.6 Å². The number of para-hydroxylation sites is 1. The number of aliphatic hydroxyl groups excluding tert-OH is 1. The predicted octanol–water partition coefficient (Wildman–Crippen LogP) is 3.94. The zero-order chi connectivity index (χ0) is 23.4. The zero-order valence-corrected chi connectivity index (χ0v) is 19.2. The molecule has 0 bridgehead atoms.